The second-order valence-corrected chi connectivity index (χ2v) is 14.7. The minimum absolute atomic E-state index is 0.139. The smallest absolute Gasteiger partial charge is 0.269 e. The molecule has 0 aliphatic rings. The first-order valence-electron chi connectivity index (χ1n) is 24.7. The number of hydrogen-bond donors (Lipinski definition) is 0. The molecule has 0 spiro atoms. The highest BCUT2D eigenvalue weighted by atomic mass is 16.5. The van der Waals surface area contributed by atoms with Crippen LogP contribution in [-0.4, -0.2) is 19.1 Å². The minimum atomic E-state index is -1.66. The Balaban J connectivity index is 1.13. The van der Waals surface area contributed by atoms with Gasteiger partial charge in [-0.15, -0.1) is 0 Å². The fourth-order valence-electron chi connectivity index (χ4n) is 7.37. The molecule has 4 aromatic heterocycles. The van der Waals surface area contributed by atoms with Crippen molar-refractivity contribution in [3.63, 3.8) is 0 Å². The van der Waals surface area contributed by atoms with E-state index >= 15 is 0 Å². The van der Waals surface area contributed by atoms with Gasteiger partial charge in [0.05, 0.1) is 52.7 Å². The van der Waals surface area contributed by atoms with Crippen molar-refractivity contribution in [3.8, 4) is 50.9 Å². The number of benzene rings is 6. The standard InChI is InChI=1S/C52H41N5O/c1-52(2,3)34-36-28-30-53-49(31-36)57-47-25-14-29-54-50(47)44-27-26-41(33-48(44)57)58-40-20-12-19-39(32-40)55-35-56(46-24-11-10-23-45(46)55)51-42(37-15-6-4-7-16-37)21-13-22-43(51)38-17-8-5-9-18-38/h4-33H,34H2,1-3H3/i4D,5D,6D,7D,8D,9D,15D,16D,17D,18D,34D2. The molecule has 0 radical (unpaired) electrons. The molecule has 0 unspecified atom stereocenters. The fourth-order valence-corrected chi connectivity index (χ4v) is 7.37. The van der Waals surface area contributed by atoms with Gasteiger partial charge in [-0.05, 0) is 94.2 Å². The lowest BCUT2D eigenvalue weighted by atomic mass is 9.88. The Hall–Kier alpha value is -7.31. The molecule has 0 fully saturated rings. The normalized spacial score (nSPS) is 14.9. The van der Waals surface area contributed by atoms with E-state index in [1.165, 1.54) is 0 Å². The maximum Gasteiger partial charge on any atom is 0.269 e. The van der Waals surface area contributed by atoms with Gasteiger partial charge in [0.25, 0.3) is 6.33 Å². The number of pyridine rings is 2. The Kier molecular flexibility index (Phi) is 6.01. The highest BCUT2D eigenvalue weighted by Crippen LogP contribution is 2.37. The lowest BCUT2D eigenvalue weighted by Crippen LogP contribution is -2.31. The van der Waals surface area contributed by atoms with E-state index < -0.39 is 72.2 Å². The molecular weight excluding hydrogens is 711 g/mol. The zero-order valence-corrected chi connectivity index (χ0v) is 31.7. The van der Waals surface area contributed by atoms with Gasteiger partial charge < -0.3 is 4.74 Å². The average molecular weight is 764 g/mol. The van der Waals surface area contributed by atoms with Crippen LogP contribution in [0.5, 0.6) is 11.5 Å². The largest absolute Gasteiger partial charge is 0.458 e. The molecule has 6 heteroatoms. The molecule has 0 amide bonds. The number of nitrogens with zero attached hydrogens (tertiary/aromatic N) is 5. The van der Waals surface area contributed by atoms with Gasteiger partial charge >= 0.3 is 0 Å². The van der Waals surface area contributed by atoms with Crippen molar-refractivity contribution in [3.05, 3.63) is 194 Å². The summed E-state index contributed by atoms with van der Waals surface area (Å²) in [5.41, 5.74) is 3.94. The lowest BCUT2D eigenvalue weighted by molar-refractivity contribution is -0.571. The van der Waals surface area contributed by atoms with Crippen LogP contribution in [0.2, 0.25) is 0 Å². The molecule has 6 aromatic carbocycles. The maximum atomic E-state index is 8.99. The minimum Gasteiger partial charge on any atom is -0.458 e. The Morgan fingerprint density at radius 3 is 2.14 bits per heavy atom. The molecule has 4 heterocycles. The predicted molar refractivity (Wildman–Crippen MR) is 234 cm³/mol. The van der Waals surface area contributed by atoms with Gasteiger partial charge in [-0.1, -0.05) is 130 Å². The molecule has 0 aliphatic heterocycles. The van der Waals surface area contributed by atoms with Gasteiger partial charge in [-0.3, -0.25) is 18.7 Å². The van der Waals surface area contributed by atoms with E-state index in [2.05, 4.69) is 6.33 Å². The summed E-state index contributed by atoms with van der Waals surface area (Å²) in [4.78, 5) is 9.40. The van der Waals surface area contributed by atoms with Gasteiger partial charge in [0.1, 0.15) is 17.3 Å². The van der Waals surface area contributed by atoms with Crippen molar-refractivity contribution >= 4 is 33.0 Å². The van der Waals surface area contributed by atoms with E-state index in [1.807, 2.05) is 86.0 Å². The molecule has 0 saturated heterocycles. The van der Waals surface area contributed by atoms with Crippen LogP contribution in [0.15, 0.2) is 182 Å². The van der Waals surface area contributed by atoms with Gasteiger partial charge in [0, 0.05) is 26.6 Å². The Bertz CT molecular complexity index is 3660. The summed E-state index contributed by atoms with van der Waals surface area (Å²) in [6.07, 6.45) is 5.08. The first-order chi connectivity index (χ1) is 33.3. The van der Waals surface area contributed by atoms with Crippen molar-refractivity contribution in [1.29, 1.82) is 0 Å². The SMILES string of the molecule is [2H]c1c([2H])c([2H])c(-c2cccc(-c3c([2H])c([2H])c([2H])c([2H])c3[2H])c2-[n+]2[c-]n(-c3cccc(Oc4ccc5c6ncccc6n(-c6cc(C([2H])([2H])C(C)(C)C)ccn6)c5c4)c3)c3ccccc32)c([2H])c1[2H]. The number of ether oxygens (including phenoxy) is 1. The van der Waals surface area contributed by atoms with E-state index in [0.717, 1.165) is 21.9 Å². The van der Waals surface area contributed by atoms with E-state index in [-0.39, 0.29) is 27.9 Å². The first-order valence-corrected chi connectivity index (χ1v) is 18.7. The van der Waals surface area contributed by atoms with Crippen LogP contribution in [0.4, 0.5) is 0 Å². The third kappa shape index (κ3) is 6.48. The van der Waals surface area contributed by atoms with Crippen LogP contribution in [0.3, 0.4) is 0 Å². The summed E-state index contributed by atoms with van der Waals surface area (Å²) in [5.74, 6) is 1.46. The summed E-state index contributed by atoms with van der Waals surface area (Å²) in [7, 11) is 0. The number of imidazole rings is 1. The molecular formula is C52H41N5O. The molecule has 280 valence electrons. The molecule has 10 rings (SSSR count). The molecule has 0 aliphatic carbocycles. The van der Waals surface area contributed by atoms with Crippen molar-refractivity contribution in [2.45, 2.75) is 27.1 Å². The summed E-state index contributed by atoms with van der Waals surface area (Å²) in [6.45, 7) is 5.59. The lowest BCUT2D eigenvalue weighted by Gasteiger charge is -2.18. The number of para-hydroxylation sites is 3. The topological polar surface area (TPSA) is 48.8 Å². The number of hydrogen-bond acceptors (Lipinski definition) is 3. The summed E-state index contributed by atoms with van der Waals surface area (Å²) in [5, 5.41) is 0.840. The van der Waals surface area contributed by atoms with Crippen LogP contribution in [-0.2, 0) is 6.37 Å². The third-order valence-electron chi connectivity index (χ3n) is 9.66. The van der Waals surface area contributed by atoms with Crippen LogP contribution >= 0.6 is 0 Å². The third-order valence-corrected chi connectivity index (χ3v) is 9.66. The van der Waals surface area contributed by atoms with Gasteiger partial charge in [0.15, 0.2) is 0 Å². The predicted octanol–water partition coefficient (Wildman–Crippen LogP) is 12.3. The van der Waals surface area contributed by atoms with Gasteiger partial charge in [-0.2, -0.15) is 0 Å². The Morgan fingerprint density at radius 2 is 1.38 bits per heavy atom. The van der Waals surface area contributed by atoms with E-state index in [0.29, 0.717) is 39.6 Å². The quantitative estimate of drug-likeness (QED) is 0.114. The van der Waals surface area contributed by atoms with Crippen LogP contribution in [0.1, 0.15) is 42.8 Å². The summed E-state index contributed by atoms with van der Waals surface area (Å²) >= 11 is 0. The fraction of sp³-hybridized carbons (Fsp3) is 0.0962. The van der Waals surface area contributed by atoms with E-state index in [9.17, 15) is 0 Å². The van der Waals surface area contributed by atoms with Gasteiger partial charge in [-0.25, -0.2) is 4.98 Å². The zero-order chi connectivity index (χ0) is 49.7. The highest BCUT2D eigenvalue weighted by Gasteiger charge is 2.21. The molecule has 0 atom stereocenters. The monoisotopic (exact) mass is 763 g/mol. The van der Waals surface area contributed by atoms with Gasteiger partial charge in [0.2, 0.25) is 0 Å². The Morgan fingerprint density at radius 1 is 0.672 bits per heavy atom. The number of fused-ring (bicyclic) bond motifs is 4. The van der Waals surface area contributed by atoms with Crippen LogP contribution < -0.4 is 9.30 Å². The number of aromatic nitrogens is 5. The average Bonchev–Trinajstić information content (AvgIpc) is 3.90. The zero-order valence-electron chi connectivity index (χ0n) is 43.7. The molecule has 0 saturated carbocycles. The van der Waals surface area contributed by atoms with Crippen molar-refractivity contribution in [1.82, 2.24) is 19.1 Å². The highest BCUT2D eigenvalue weighted by molar-refractivity contribution is 6.07. The maximum absolute atomic E-state index is 8.99. The number of rotatable bonds is 8. The molecule has 58 heavy (non-hydrogen) atoms. The van der Waals surface area contributed by atoms with Crippen LogP contribution in [0.25, 0.3) is 72.4 Å². The Labute approximate surface area is 354 Å². The summed E-state index contributed by atoms with van der Waals surface area (Å²) in [6, 6.07) is 26.8. The molecule has 0 bridgehead atoms. The van der Waals surface area contributed by atoms with Crippen LogP contribution in [0, 0.1) is 11.7 Å². The molecule has 6 nitrogen and oxygen atoms in total. The molecule has 10 aromatic rings. The van der Waals surface area contributed by atoms with E-state index in [4.69, 9.17) is 31.2 Å². The second kappa shape index (κ2) is 14.3. The summed E-state index contributed by atoms with van der Waals surface area (Å²) < 4.78 is 117. The van der Waals surface area contributed by atoms with Crippen molar-refractivity contribution < 1.29 is 25.8 Å². The van der Waals surface area contributed by atoms with E-state index in [1.54, 1.807) is 70.1 Å². The van der Waals surface area contributed by atoms with Crippen molar-refractivity contribution in [2.75, 3.05) is 0 Å². The van der Waals surface area contributed by atoms with Crippen molar-refractivity contribution in [2.24, 2.45) is 5.41 Å². The molecule has 0 N–H and O–H groups in total. The second-order valence-electron chi connectivity index (χ2n) is 14.7. The first kappa shape index (κ1) is 24.4.